The lowest BCUT2D eigenvalue weighted by molar-refractivity contribution is -0.137. The summed E-state index contributed by atoms with van der Waals surface area (Å²) < 4.78 is 47.9. The number of rotatable bonds is 9. The van der Waals surface area contributed by atoms with Crippen molar-refractivity contribution < 1.29 is 31.9 Å². The van der Waals surface area contributed by atoms with Gasteiger partial charge >= 0.3 is 6.18 Å². The van der Waals surface area contributed by atoms with Crippen LogP contribution in [-0.2, 0) is 11.0 Å². The maximum Gasteiger partial charge on any atom is 0.416 e. The Labute approximate surface area is 153 Å². The summed E-state index contributed by atoms with van der Waals surface area (Å²) in [7, 11) is 0. The van der Waals surface area contributed by atoms with Crippen molar-refractivity contribution in [3.8, 4) is 5.75 Å². The van der Waals surface area contributed by atoms with Crippen molar-refractivity contribution in [2.75, 3.05) is 19.7 Å². The number of hydrogen-bond donors (Lipinski definition) is 2. The first kappa shape index (κ1) is 20.3. The number of halogens is 3. The second kappa shape index (κ2) is 9.65. The van der Waals surface area contributed by atoms with Crippen molar-refractivity contribution in [3.05, 3.63) is 54.0 Å². The SMILES string of the molecule is O=C(CCCNC(=O)c1ccco1)NCCOc1cccc(C(F)(F)F)c1. The van der Waals surface area contributed by atoms with Crippen LogP contribution in [-0.4, -0.2) is 31.5 Å². The summed E-state index contributed by atoms with van der Waals surface area (Å²) in [4.78, 5) is 23.3. The molecule has 0 spiro atoms. The Morgan fingerprint density at radius 3 is 2.59 bits per heavy atom. The van der Waals surface area contributed by atoms with Crippen LogP contribution in [0.3, 0.4) is 0 Å². The molecule has 1 aromatic heterocycles. The number of carbonyl (C=O) groups excluding carboxylic acids is 2. The number of furan rings is 1. The molecule has 6 nitrogen and oxygen atoms in total. The van der Waals surface area contributed by atoms with Crippen molar-refractivity contribution in [3.63, 3.8) is 0 Å². The van der Waals surface area contributed by atoms with Crippen LogP contribution in [0.2, 0.25) is 0 Å². The van der Waals surface area contributed by atoms with Crippen LogP contribution >= 0.6 is 0 Å². The van der Waals surface area contributed by atoms with E-state index in [0.29, 0.717) is 13.0 Å². The fraction of sp³-hybridized carbons (Fsp3) is 0.333. The van der Waals surface area contributed by atoms with Crippen molar-refractivity contribution in [2.45, 2.75) is 19.0 Å². The molecule has 9 heteroatoms. The number of amides is 2. The average Bonchev–Trinajstić information content (AvgIpc) is 3.16. The second-order valence-electron chi connectivity index (χ2n) is 5.56. The maximum absolute atomic E-state index is 12.6. The molecule has 0 bridgehead atoms. The molecule has 0 atom stereocenters. The molecule has 1 heterocycles. The molecule has 0 fully saturated rings. The first-order valence-electron chi connectivity index (χ1n) is 8.25. The van der Waals surface area contributed by atoms with Crippen LogP contribution in [0, 0.1) is 0 Å². The highest BCUT2D eigenvalue weighted by Gasteiger charge is 2.30. The van der Waals surface area contributed by atoms with Gasteiger partial charge in [-0.2, -0.15) is 13.2 Å². The molecule has 0 radical (unpaired) electrons. The van der Waals surface area contributed by atoms with Gasteiger partial charge in [0, 0.05) is 13.0 Å². The molecule has 0 saturated carbocycles. The first-order chi connectivity index (χ1) is 12.9. The predicted molar refractivity (Wildman–Crippen MR) is 90.2 cm³/mol. The van der Waals surface area contributed by atoms with Gasteiger partial charge in [0.2, 0.25) is 5.91 Å². The summed E-state index contributed by atoms with van der Waals surface area (Å²) in [5, 5.41) is 5.21. The third-order valence-electron chi connectivity index (χ3n) is 3.47. The zero-order valence-corrected chi connectivity index (χ0v) is 14.3. The van der Waals surface area contributed by atoms with Gasteiger partial charge in [-0.05, 0) is 36.8 Å². The third-order valence-corrected chi connectivity index (χ3v) is 3.47. The Balaban J connectivity index is 1.58. The minimum atomic E-state index is -4.43. The van der Waals surface area contributed by atoms with Crippen molar-refractivity contribution >= 4 is 11.8 Å². The van der Waals surface area contributed by atoms with E-state index in [-0.39, 0.29) is 42.9 Å². The molecule has 1 aromatic carbocycles. The Bertz CT molecular complexity index is 745. The molecule has 0 saturated heterocycles. The van der Waals surface area contributed by atoms with E-state index in [9.17, 15) is 22.8 Å². The zero-order chi connectivity index (χ0) is 19.7. The van der Waals surface area contributed by atoms with E-state index in [1.807, 2.05) is 0 Å². The van der Waals surface area contributed by atoms with Crippen LogP contribution in [0.15, 0.2) is 47.1 Å². The second-order valence-corrected chi connectivity index (χ2v) is 5.56. The Morgan fingerprint density at radius 1 is 1.07 bits per heavy atom. The highest BCUT2D eigenvalue weighted by molar-refractivity contribution is 5.91. The number of alkyl halides is 3. The van der Waals surface area contributed by atoms with E-state index < -0.39 is 11.7 Å². The van der Waals surface area contributed by atoms with Gasteiger partial charge in [-0.25, -0.2) is 0 Å². The van der Waals surface area contributed by atoms with Crippen LogP contribution in [0.25, 0.3) is 0 Å². The number of carbonyl (C=O) groups is 2. The van der Waals surface area contributed by atoms with Gasteiger partial charge in [0.1, 0.15) is 12.4 Å². The number of benzene rings is 1. The number of hydrogen-bond acceptors (Lipinski definition) is 4. The number of nitrogens with one attached hydrogen (secondary N) is 2. The van der Waals surface area contributed by atoms with Crippen molar-refractivity contribution in [2.24, 2.45) is 0 Å². The van der Waals surface area contributed by atoms with E-state index in [4.69, 9.17) is 9.15 Å². The van der Waals surface area contributed by atoms with Crippen molar-refractivity contribution in [1.82, 2.24) is 10.6 Å². The van der Waals surface area contributed by atoms with E-state index >= 15 is 0 Å². The lowest BCUT2D eigenvalue weighted by Gasteiger charge is -2.11. The topological polar surface area (TPSA) is 80.6 Å². The van der Waals surface area contributed by atoms with Crippen LogP contribution in [0.1, 0.15) is 29.0 Å². The summed E-state index contributed by atoms with van der Waals surface area (Å²) in [6.45, 7) is 0.518. The standard InChI is InChI=1S/C18H19F3N2O4/c19-18(20,21)13-4-1-5-14(12-13)26-11-9-22-16(24)7-2-8-23-17(25)15-6-3-10-27-15/h1,3-6,10,12H,2,7-9,11H2,(H,22,24)(H,23,25). The minimum absolute atomic E-state index is 0.0439. The summed E-state index contributed by atoms with van der Waals surface area (Å²) >= 11 is 0. The predicted octanol–water partition coefficient (Wildman–Crippen LogP) is 3.00. The Morgan fingerprint density at radius 2 is 1.89 bits per heavy atom. The molecule has 0 aliphatic heterocycles. The Kier molecular flexibility index (Phi) is 7.27. The fourth-order valence-corrected chi connectivity index (χ4v) is 2.16. The van der Waals surface area contributed by atoms with Crippen LogP contribution in [0.5, 0.6) is 5.75 Å². The lowest BCUT2D eigenvalue weighted by Crippen LogP contribution is -2.29. The molecule has 0 aliphatic carbocycles. The summed E-state index contributed by atoms with van der Waals surface area (Å²) in [5.74, 6) is -0.310. The van der Waals surface area contributed by atoms with E-state index in [1.165, 1.54) is 24.5 Å². The lowest BCUT2D eigenvalue weighted by atomic mass is 10.2. The largest absolute Gasteiger partial charge is 0.492 e. The summed E-state index contributed by atoms with van der Waals surface area (Å²) in [5.41, 5.74) is -0.791. The fourth-order valence-electron chi connectivity index (χ4n) is 2.16. The molecule has 27 heavy (non-hydrogen) atoms. The van der Waals surface area contributed by atoms with Crippen LogP contribution in [0.4, 0.5) is 13.2 Å². The smallest absolute Gasteiger partial charge is 0.416 e. The quantitative estimate of drug-likeness (QED) is 0.652. The molecular weight excluding hydrogens is 365 g/mol. The minimum Gasteiger partial charge on any atom is -0.492 e. The molecule has 2 aromatic rings. The van der Waals surface area contributed by atoms with Gasteiger partial charge in [-0.3, -0.25) is 9.59 Å². The monoisotopic (exact) mass is 384 g/mol. The highest BCUT2D eigenvalue weighted by Crippen LogP contribution is 2.31. The average molecular weight is 384 g/mol. The van der Waals surface area contributed by atoms with Gasteiger partial charge in [0.25, 0.3) is 5.91 Å². The van der Waals surface area contributed by atoms with E-state index in [1.54, 1.807) is 6.07 Å². The summed E-state index contributed by atoms with van der Waals surface area (Å²) in [6, 6.07) is 7.67. The zero-order valence-electron chi connectivity index (χ0n) is 14.3. The molecule has 2 amide bonds. The Hall–Kier alpha value is -2.97. The van der Waals surface area contributed by atoms with E-state index in [0.717, 1.165) is 12.1 Å². The van der Waals surface area contributed by atoms with E-state index in [2.05, 4.69) is 10.6 Å². The molecule has 0 unspecified atom stereocenters. The maximum atomic E-state index is 12.6. The van der Waals surface area contributed by atoms with Gasteiger partial charge in [-0.15, -0.1) is 0 Å². The molecule has 0 aliphatic rings. The van der Waals surface area contributed by atoms with Crippen molar-refractivity contribution in [1.29, 1.82) is 0 Å². The van der Waals surface area contributed by atoms with Crippen LogP contribution < -0.4 is 15.4 Å². The normalized spacial score (nSPS) is 11.1. The molecule has 146 valence electrons. The first-order valence-corrected chi connectivity index (χ1v) is 8.25. The molecular formula is C18H19F3N2O4. The third kappa shape index (κ3) is 7.04. The van der Waals surface area contributed by atoms with Gasteiger partial charge in [-0.1, -0.05) is 6.07 Å². The summed E-state index contributed by atoms with van der Waals surface area (Å²) in [6.07, 6.45) is -2.40. The number of ether oxygens (including phenoxy) is 1. The van der Waals surface area contributed by atoms with Gasteiger partial charge in [0.05, 0.1) is 18.4 Å². The molecule has 2 N–H and O–H groups in total. The molecule has 2 rings (SSSR count). The highest BCUT2D eigenvalue weighted by atomic mass is 19.4. The van der Waals surface area contributed by atoms with Gasteiger partial charge < -0.3 is 19.8 Å². The van der Waals surface area contributed by atoms with Gasteiger partial charge in [0.15, 0.2) is 5.76 Å².